The number of allylic oxidation sites excluding steroid dienone is 1. The molecule has 3 aromatic rings. The lowest BCUT2D eigenvalue weighted by molar-refractivity contribution is 0.0987. The predicted octanol–water partition coefficient (Wildman–Crippen LogP) is 4.39. The Morgan fingerprint density at radius 2 is 1.94 bits per heavy atom. The highest BCUT2D eigenvalue weighted by molar-refractivity contribution is 7.99. The van der Waals surface area contributed by atoms with Gasteiger partial charge >= 0.3 is 0 Å². The highest BCUT2D eigenvalue weighted by Crippen LogP contribution is 2.25. The largest absolute Gasteiger partial charge is 0.491 e. The molecule has 1 unspecified atom stereocenters. The summed E-state index contributed by atoms with van der Waals surface area (Å²) in [4.78, 5) is 11.7. The molecule has 31 heavy (non-hydrogen) atoms. The van der Waals surface area contributed by atoms with Crippen LogP contribution >= 0.6 is 11.8 Å². The maximum absolute atomic E-state index is 13.2. The second kappa shape index (κ2) is 10.9. The van der Waals surface area contributed by atoms with E-state index in [2.05, 4.69) is 16.8 Å². The number of benzene rings is 2. The molecule has 0 amide bonds. The fourth-order valence-corrected chi connectivity index (χ4v) is 3.71. The van der Waals surface area contributed by atoms with Crippen LogP contribution in [-0.4, -0.2) is 44.1 Å². The molecular weight excluding hydrogens is 417 g/mol. The molecule has 1 N–H and O–H groups in total. The Kier molecular flexibility index (Phi) is 7.97. The Morgan fingerprint density at radius 1 is 1.23 bits per heavy atom. The number of nitrogens with zero attached hydrogens (tertiary/aromatic N) is 3. The quantitative estimate of drug-likeness (QED) is 0.270. The van der Waals surface area contributed by atoms with Crippen LogP contribution in [0, 0.1) is 5.82 Å². The van der Waals surface area contributed by atoms with Crippen LogP contribution in [0.15, 0.2) is 66.3 Å². The Bertz CT molecular complexity index is 1020. The number of aliphatic hydroxyl groups excluding tert-OH is 1. The van der Waals surface area contributed by atoms with Crippen LogP contribution in [-0.2, 0) is 6.54 Å². The Morgan fingerprint density at radius 3 is 2.58 bits per heavy atom. The number of aromatic nitrogens is 3. The topological polar surface area (TPSA) is 77.2 Å². The first-order chi connectivity index (χ1) is 15.0. The summed E-state index contributed by atoms with van der Waals surface area (Å²) in [6.07, 6.45) is 1.45. The number of thioether (sulfide) groups is 1. The Hall–Kier alpha value is -2.97. The second-order valence-electron chi connectivity index (χ2n) is 6.79. The van der Waals surface area contributed by atoms with Gasteiger partial charge in [0.15, 0.2) is 16.8 Å². The van der Waals surface area contributed by atoms with Crippen LogP contribution in [0.25, 0.3) is 11.4 Å². The molecule has 1 aromatic heterocycles. The zero-order chi connectivity index (χ0) is 22.2. The number of rotatable bonds is 11. The lowest BCUT2D eigenvalue weighted by Gasteiger charge is -2.13. The van der Waals surface area contributed by atoms with Crippen molar-refractivity contribution in [2.24, 2.45) is 0 Å². The summed E-state index contributed by atoms with van der Waals surface area (Å²) in [6.45, 7) is 6.18. The molecule has 0 aliphatic rings. The van der Waals surface area contributed by atoms with E-state index in [9.17, 15) is 14.3 Å². The van der Waals surface area contributed by atoms with Crippen molar-refractivity contribution in [2.45, 2.75) is 31.1 Å². The van der Waals surface area contributed by atoms with Crippen LogP contribution in [0.1, 0.15) is 23.7 Å². The molecule has 3 rings (SSSR count). The normalized spacial score (nSPS) is 11.8. The lowest BCUT2D eigenvalue weighted by atomic mass is 10.1. The van der Waals surface area contributed by atoms with Crippen LogP contribution in [0.2, 0.25) is 0 Å². The second-order valence-corrected chi connectivity index (χ2v) is 7.78. The number of carbonyl (C=O) groups excluding carboxylic acids is 1. The Labute approximate surface area is 184 Å². The minimum atomic E-state index is -0.731. The predicted molar refractivity (Wildman–Crippen MR) is 119 cm³/mol. The van der Waals surface area contributed by atoms with Gasteiger partial charge in [0, 0.05) is 29.8 Å². The van der Waals surface area contributed by atoms with Gasteiger partial charge in [0.25, 0.3) is 0 Å². The van der Waals surface area contributed by atoms with Crippen molar-refractivity contribution < 1.29 is 19.0 Å². The van der Waals surface area contributed by atoms with Crippen LogP contribution < -0.4 is 4.74 Å². The lowest BCUT2D eigenvalue weighted by Crippen LogP contribution is -2.20. The highest BCUT2D eigenvalue weighted by Gasteiger charge is 2.16. The average Bonchev–Trinajstić information content (AvgIpc) is 3.19. The van der Waals surface area contributed by atoms with Crippen LogP contribution in [0.4, 0.5) is 4.39 Å². The fourth-order valence-electron chi connectivity index (χ4n) is 2.85. The maximum atomic E-state index is 13.2. The van der Waals surface area contributed by atoms with Crippen molar-refractivity contribution in [3.05, 3.63) is 72.6 Å². The molecule has 0 fully saturated rings. The number of hydrogen-bond acceptors (Lipinski definition) is 6. The summed E-state index contributed by atoms with van der Waals surface area (Å²) in [7, 11) is 0. The first-order valence-electron chi connectivity index (χ1n) is 9.88. The molecule has 8 heteroatoms. The van der Waals surface area contributed by atoms with Crippen molar-refractivity contribution >= 4 is 17.5 Å². The van der Waals surface area contributed by atoms with Crippen LogP contribution in [0.5, 0.6) is 5.75 Å². The van der Waals surface area contributed by atoms with E-state index < -0.39 is 6.10 Å². The van der Waals surface area contributed by atoms with Gasteiger partial charge in [0.1, 0.15) is 18.2 Å². The molecule has 1 heterocycles. The zero-order valence-corrected chi connectivity index (χ0v) is 18.0. The number of aliphatic hydroxyl groups is 1. The number of ether oxygens (including phenoxy) is 1. The van der Waals surface area contributed by atoms with E-state index in [1.54, 1.807) is 42.5 Å². The first kappa shape index (κ1) is 22.7. The molecule has 2 aromatic carbocycles. The molecular formula is C23H24FN3O3S. The molecule has 6 nitrogen and oxygen atoms in total. The highest BCUT2D eigenvalue weighted by atomic mass is 32.2. The third kappa shape index (κ3) is 6.02. The summed E-state index contributed by atoms with van der Waals surface area (Å²) in [5.41, 5.74) is 1.39. The molecule has 0 saturated heterocycles. The molecule has 0 radical (unpaired) electrons. The summed E-state index contributed by atoms with van der Waals surface area (Å²) < 4.78 is 20.7. The molecule has 0 aliphatic carbocycles. The van der Waals surface area contributed by atoms with Gasteiger partial charge in [-0.05, 0) is 48.5 Å². The number of hydrogen-bond donors (Lipinski definition) is 1. The fraction of sp³-hybridized carbons (Fsp3) is 0.261. The Balaban J connectivity index is 1.58. The molecule has 0 spiro atoms. The molecule has 162 valence electrons. The molecule has 0 aliphatic heterocycles. The van der Waals surface area contributed by atoms with E-state index in [4.69, 9.17) is 4.74 Å². The summed E-state index contributed by atoms with van der Waals surface area (Å²) in [5, 5.41) is 19.4. The van der Waals surface area contributed by atoms with Crippen LogP contribution in [0.3, 0.4) is 0 Å². The SMILES string of the molecule is C=CCn1c(SCC(O)COc2ccc(C(=O)CC)cc2)nnc1-c1ccc(F)cc1. The van der Waals surface area contributed by atoms with E-state index in [1.807, 2.05) is 11.5 Å². The molecule has 0 bridgehead atoms. The average molecular weight is 442 g/mol. The van der Waals surface area contributed by atoms with Crippen molar-refractivity contribution in [3.63, 3.8) is 0 Å². The first-order valence-corrected chi connectivity index (χ1v) is 10.9. The smallest absolute Gasteiger partial charge is 0.191 e. The van der Waals surface area contributed by atoms with Gasteiger partial charge in [-0.3, -0.25) is 9.36 Å². The monoisotopic (exact) mass is 441 g/mol. The van der Waals surface area contributed by atoms with Gasteiger partial charge < -0.3 is 9.84 Å². The minimum absolute atomic E-state index is 0.0756. The maximum Gasteiger partial charge on any atom is 0.191 e. The third-order valence-electron chi connectivity index (χ3n) is 4.48. The zero-order valence-electron chi connectivity index (χ0n) is 17.2. The van der Waals surface area contributed by atoms with Gasteiger partial charge in [-0.25, -0.2) is 4.39 Å². The van der Waals surface area contributed by atoms with E-state index in [1.165, 1.54) is 23.9 Å². The van der Waals surface area contributed by atoms with E-state index in [-0.39, 0.29) is 18.2 Å². The molecule has 1 atom stereocenters. The van der Waals surface area contributed by atoms with Gasteiger partial charge in [-0.2, -0.15) is 0 Å². The summed E-state index contributed by atoms with van der Waals surface area (Å²) >= 11 is 1.35. The van der Waals surface area contributed by atoms with Gasteiger partial charge in [0.2, 0.25) is 0 Å². The van der Waals surface area contributed by atoms with Crippen molar-refractivity contribution in [1.29, 1.82) is 0 Å². The number of Topliss-reactive ketones (excluding diaryl/α,β-unsaturated/α-hetero) is 1. The standard InChI is InChI=1S/C23H24FN3O3S/c1-3-13-27-22(17-5-9-18(24)10-6-17)25-26-23(27)31-15-19(28)14-30-20-11-7-16(8-12-20)21(29)4-2/h3,5-12,19,28H,1,4,13-15H2,2H3. The third-order valence-corrected chi connectivity index (χ3v) is 5.59. The number of halogens is 1. The summed E-state index contributed by atoms with van der Waals surface area (Å²) in [6, 6.07) is 12.9. The minimum Gasteiger partial charge on any atom is -0.491 e. The van der Waals surface area contributed by atoms with Gasteiger partial charge in [0.05, 0.1) is 6.10 Å². The van der Waals surface area contributed by atoms with Crippen molar-refractivity contribution in [3.8, 4) is 17.1 Å². The number of ketones is 1. The van der Waals surface area contributed by atoms with Gasteiger partial charge in [-0.15, -0.1) is 16.8 Å². The van der Waals surface area contributed by atoms with E-state index >= 15 is 0 Å². The van der Waals surface area contributed by atoms with E-state index in [0.29, 0.717) is 41.0 Å². The van der Waals surface area contributed by atoms with E-state index in [0.717, 1.165) is 5.56 Å². The van der Waals surface area contributed by atoms with Crippen molar-refractivity contribution in [1.82, 2.24) is 14.8 Å². The van der Waals surface area contributed by atoms with Gasteiger partial charge in [-0.1, -0.05) is 24.8 Å². The summed E-state index contributed by atoms with van der Waals surface area (Å²) in [5.74, 6) is 1.31. The number of carbonyl (C=O) groups is 1. The molecule has 0 saturated carbocycles. The van der Waals surface area contributed by atoms with Crippen molar-refractivity contribution in [2.75, 3.05) is 12.4 Å².